The van der Waals surface area contributed by atoms with E-state index in [9.17, 15) is 0 Å². The average Bonchev–Trinajstić information content (AvgIpc) is 2.33. The third-order valence-corrected chi connectivity index (χ3v) is 3.84. The summed E-state index contributed by atoms with van der Waals surface area (Å²) in [7, 11) is 0. The second-order valence-corrected chi connectivity index (χ2v) is 4.99. The highest BCUT2D eigenvalue weighted by atomic mass is 35.5. The van der Waals surface area contributed by atoms with Crippen molar-refractivity contribution in [2.24, 2.45) is 0 Å². The van der Waals surface area contributed by atoms with Crippen LogP contribution in [0.15, 0.2) is 35.6 Å². The highest BCUT2D eigenvalue weighted by molar-refractivity contribution is 7.98. The van der Waals surface area contributed by atoms with Crippen molar-refractivity contribution in [2.75, 3.05) is 5.73 Å². The lowest BCUT2D eigenvalue weighted by Crippen LogP contribution is -1.95. The Kier molecular flexibility index (Phi) is 4.10. The van der Waals surface area contributed by atoms with Gasteiger partial charge in [-0.2, -0.15) is 0 Å². The van der Waals surface area contributed by atoms with Gasteiger partial charge in [-0.3, -0.25) is 0 Å². The van der Waals surface area contributed by atoms with Gasteiger partial charge in [-0.05, 0) is 11.6 Å². The van der Waals surface area contributed by atoms with Crippen LogP contribution in [0.25, 0.3) is 0 Å². The molecule has 17 heavy (non-hydrogen) atoms. The monoisotopic (exact) mass is 285 g/mol. The number of aromatic nitrogens is 2. The zero-order valence-corrected chi connectivity index (χ0v) is 11.1. The number of halogens is 2. The molecule has 1 heterocycles. The van der Waals surface area contributed by atoms with Gasteiger partial charge in [-0.15, -0.1) is 0 Å². The summed E-state index contributed by atoms with van der Waals surface area (Å²) in [5.41, 5.74) is 7.22. The molecular weight excluding hydrogens is 277 g/mol. The molecule has 0 fully saturated rings. The second kappa shape index (κ2) is 5.58. The molecule has 0 aliphatic rings. The van der Waals surface area contributed by atoms with Crippen molar-refractivity contribution in [3.05, 3.63) is 46.3 Å². The smallest absolute Gasteiger partial charge is 0.156 e. The quantitative estimate of drug-likeness (QED) is 0.691. The molecule has 0 saturated heterocycles. The Labute approximate surface area is 113 Å². The summed E-state index contributed by atoms with van der Waals surface area (Å²) < 4.78 is 0. The number of rotatable bonds is 3. The van der Waals surface area contributed by atoms with E-state index >= 15 is 0 Å². The molecule has 6 heteroatoms. The molecule has 0 aliphatic heterocycles. The highest BCUT2D eigenvalue weighted by Crippen LogP contribution is 2.30. The summed E-state index contributed by atoms with van der Waals surface area (Å²) in [5, 5.41) is 1.69. The Bertz CT molecular complexity index is 534. The lowest BCUT2D eigenvalue weighted by molar-refractivity contribution is 1.06. The van der Waals surface area contributed by atoms with Gasteiger partial charge in [0.25, 0.3) is 0 Å². The molecule has 0 bridgehead atoms. The van der Waals surface area contributed by atoms with Crippen LogP contribution in [0.4, 0.5) is 5.69 Å². The first-order chi connectivity index (χ1) is 8.18. The van der Waals surface area contributed by atoms with Crippen molar-refractivity contribution in [1.29, 1.82) is 0 Å². The molecular formula is C11H9Cl2N3S. The van der Waals surface area contributed by atoms with Crippen LogP contribution in [-0.2, 0) is 5.75 Å². The highest BCUT2D eigenvalue weighted by Gasteiger charge is 2.07. The summed E-state index contributed by atoms with van der Waals surface area (Å²) in [5.74, 6) is 0.692. The maximum atomic E-state index is 6.06. The van der Waals surface area contributed by atoms with Crippen molar-refractivity contribution >= 4 is 40.7 Å². The molecule has 0 saturated carbocycles. The largest absolute Gasteiger partial charge is 0.394 e. The van der Waals surface area contributed by atoms with E-state index in [0.29, 0.717) is 16.5 Å². The fourth-order valence-corrected chi connectivity index (χ4v) is 2.62. The lowest BCUT2D eigenvalue weighted by atomic mass is 10.2. The van der Waals surface area contributed by atoms with E-state index in [4.69, 9.17) is 28.9 Å². The third kappa shape index (κ3) is 3.03. The van der Waals surface area contributed by atoms with Gasteiger partial charge in [-0.25, -0.2) is 9.97 Å². The minimum atomic E-state index is 0.279. The van der Waals surface area contributed by atoms with E-state index in [1.807, 2.05) is 24.3 Å². The van der Waals surface area contributed by atoms with Gasteiger partial charge in [0.2, 0.25) is 0 Å². The molecule has 1 aromatic carbocycles. The maximum Gasteiger partial charge on any atom is 0.156 e. The van der Waals surface area contributed by atoms with Crippen LogP contribution in [0, 0.1) is 0 Å². The average molecular weight is 286 g/mol. The molecule has 0 aliphatic carbocycles. The minimum Gasteiger partial charge on any atom is -0.394 e. The van der Waals surface area contributed by atoms with Crippen LogP contribution in [-0.4, -0.2) is 9.97 Å². The standard InChI is InChI=1S/C11H9Cl2N3S/c12-8-4-2-1-3-7(8)5-17-11-9(14)10(13)15-6-16-11/h1-4,6H,5,14H2. The van der Waals surface area contributed by atoms with Crippen molar-refractivity contribution in [1.82, 2.24) is 9.97 Å². The lowest BCUT2D eigenvalue weighted by Gasteiger charge is -2.06. The Hall–Kier alpha value is -0.970. The number of nitrogens with two attached hydrogens (primary N) is 1. The number of nitrogen functional groups attached to an aromatic ring is 1. The first-order valence-electron chi connectivity index (χ1n) is 4.80. The van der Waals surface area contributed by atoms with Crippen molar-refractivity contribution < 1.29 is 0 Å². The van der Waals surface area contributed by atoms with Crippen molar-refractivity contribution in [2.45, 2.75) is 10.8 Å². The van der Waals surface area contributed by atoms with Crippen LogP contribution in [0.2, 0.25) is 10.2 Å². The van der Waals surface area contributed by atoms with Crippen LogP contribution >= 0.6 is 35.0 Å². The zero-order valence-electron chi connectivity index (χ0n) is 8.73. The number of anilines is 1. The molecule has 2 aromatic rings. The van der Waals surface area contributed by atoms with Crippen molar-refractivity contribution in [3.63, 3.8) is 0 Å². The second-order valence-electron chi connectivity index (χ2n) is 3.26. The number of hydrogen-bond acceptors (Lipinski definition) is 4. The molecule has 2 rings (SSSR count). The van der Waals surface area contributed by atoms with Gasteiger partial charge < -0.3 is 5.73 Å². The Morgan fingerprint density at radius 1 is 1.18 bits per heavy atom. The molecule has 0 radical (unpaired) electrons. The van der Waals surface area contributed by atoms with E-state index in [1.165, 1.54) is 18.1 Å². The molecule has 1 aromatic heterocycles. The minimum absolute atomic E-state index is 0.279. The van der Waals surface area contributed by atoms with Gasteiger partial charge >= 0.3 is 0 Å². The topological polar surface area (TPSA) is 51.8 Å². The fraction of sp³-hybridized carbons (Fsp3) is 0.0909. The molecule has 0 amide bonds. The summed E-state index contributed by atoms with van der Waals surface area (Å²) in [6.07, 6.45) is 1.40. The maximum absolute atomic E-state index is 6.06. The van der Waals surface area contributed by atoms with E-state index in [0.717, 1.165) is 10.6 Å². The van der Waals surface area contributed by atoms with Crippen LogP contribution in [0.1, 0.15) is 5.56 Å². The molecule has 0 spiro atoms. The summed E-state index contributed by atoms with van der Waals surface area (Å²) in [6.45, 7) is 0. The van der Waals surface area contributed by atoms with Gasteiger partial charge in [0, 0.05) is 10.8 Å². The first-order valence-corrected chi connectivity index (χ1v) is 6.55. The van der Waals surface area contributed by atoms with E-state index in [-0.39, 0.29) is 5.15 Å². The molecule has 88 valence electrons. The number of nitrogens with zero attached hydrogens (tertiary/aromatic N) is 2. The summed E-state index contributed by atoms with van der Waals surface area (Å²) in [6, 6.07) is 7.66. The number of hydrogen-bond donors (Lipinski definition) is 1. The predicted molar refractivity (Wildman–Crippen MR) is 72.5 cm³/mol. The van der Waals surface area contributed by atoms with E-state index in [1.54, 1.807) is 0 Å². The molecule has 0 atom stereocenters. The molecule has 0 unspecified atom stereocenters. The van der Waals surface area contributed by atoms with Gasteiger partial charge in [-0.1, -0.05) is 53.2 Å². The normalized spacial score (nSPS) is 10.5. The SMILES string of the molecule is Nc1c(Cl)ncnc1SCc1ccccc1Cl. The summed E-state index contributed by atoms with van der Waals surface area (Å²) >= 11 is 13.4. The van der Waals surface area contributed by atoms with Crippen molar-refractivity contribution in [3.8, 4) is 0 Å². The Morgan fingerprint density at radius 2 is 1.94 bits per heavy atom. The summed E-state index contributed by atoms with van der Waals surface area (Å²) in [4.78, 5) is 7.88. The first kappa shape index (κ1) is 12.5. The van der Waals surface area contributed by atoms with Crippen LogP contribution in [0.5, 0.6) is 0 Å². The van der Waals surface area contributed by atoms with Crippen LogP contribution < -0.4 is 5.73 Å². The Morgan fingerprint density at radius 3 is 2.71 bits per heavy atom. The third-order valence-electron chi connectivity index (χ3n) is 2.12. The number of benzene rings is 1. The van der Waals surface area contributed by atoms with Crippen LogP contribution in [0.3, 0.4) is 0 Å². The fourth-order valence-electron chi connectivity index (χ4n) is 1.24. The number of thioether (sulfide) groups is 1. The van der Waals surface area contributed by atoms with E-state index < -0.39 is 0 Å². The molecule has 2 N–H and O–H groups in total. The van der Waals surface area contributed by atoms with Gasteiger partial charge in [0.15, 0.2) is 5.15 Å². The Balaban J connectivity index is 2.13. The molecule has 3 nitrogen and oxygen atoms in total. The zero-order chi connectivity index (χ0) is 12.3. The van der Waals surface area contributed by atoms with Gasteiger partial charge in [0.1, 0.15) is 17.0 Å². The van der Waals surface area contributed by atoms with E-state index in [2.05, 4.69) is 9.97 Å². The van der Waals surface area contributed by atoms with Gasteiger partial charge in [0.05, 0.1) is 0 Å². The predicted octanol–water partition coefficient (Wildman–Crippen LogP) is 3.66.